The van der Waals surface area contributed by atoms with Crippen molar-refractivity contribution in [1.82, 2.24) is 10.6 Å². The largest absolute Gasteiger partial charge is 0.320 e. The summed E-state index contributed by atoms with van der Waals surface area (Å²) in [5.74, 6) is 0.880. The van der Waals surface area contributed by atoms with Crippen molar-refractivity contribution in [2.75, 3.05) is 26.7 Å². The van der Waals surface area contributed by atoms with Crippen LogP contribution in [0.3, 0.4) is 0 Å². The van der Waals surface area contributed by atoms with Crippen molar-refractivity contribution in [2.24, 2.45) is 5.92 Å². The van der Waals surface area contributed by atoms with Gasteiger partial charge in [-0.15, -0.1) is 0 Å². The van der Waals surface area contributed by atoms with Gasteiger partial charge in [0.1, 0.15) is 0 Å². The Hall–Kier alpha value is -0.0800. The van der Waals surface area contributed by atoms with Crippen molar-refractivity contribution in [3.63, 3.8) is 0 Å². The molecule has 0 bridgehead atoms. The van der Waals surface area contributed by atoms with Crippen LogP contribution in [-0.2, 0) is 0 Å². The summed E-state index contributed by atoms with van der Waals surface area (Å²) in [4.78, 5) is 0. The number of unbranched alkanes of at least 4 members (excludes halogenated alkanes) is 4. The summed E-state index contributed by atoms with van der Waals surface area (Å²) in [6.45, 7) is 8.17. The Morgan fingerprint density at radius 1 is 0.750 bits per heavy atom. The lowest BCUT2D eigenvalue weighted by molar-refractivity contribution is 0.509. The van der Waals surface area contributed by atoms with E-state index in [-0.39, 0.29) is 0 Å². The van der Waals surface area contributed by atoms with Gasteiger partial charge in [-0.05, 0) is 51.9 Å². The van der Waals surface area contributed by atoms with Gasteiger partial charge in [-0.3, -0.25) is 0 Å². The fourth-order valence-corrected chi connectivity index (χ4v) is 1.83. The molecule has 0 saturated carbocycles. The Balaban J connectivity index is 2.88. The Morgan fingerprint density at radius 2 is 1.31 bits per heavy atom. The van der Waals surface area contributed by atoms with Crippen LogP contribution >= 0.6 is 0 Å². The molecule has 0 unspecified atom stereocenters. The van der Waals surface area contributed by atoms with Crippen LogP contribution < -0.4 is 10.6 Å². The summed E-state index contributed by atoms with van der Waals surface area (Å²) in [6, 6.07) is 0. The van der Waals surface area contributed by atoms with E-state index in [9.17, 15) is 0 Å². The lowest BCUT2D eigenvalue weighted by Crippen LogP contribution is -2.18. The van der Waals surface area contributed by atoms with Gasteiger partial charge in [0.15, 0.2) is 0 Å². The average molecular weight is 228 g/mol. The molecule has 0 aromatic heterocycles. The Labute approximate surface area is 103 Å². The Bertz CT molecular complexity index is 124. The molecule has 0 spiro atoms. The van der Waals surface area contributed by atoms with Crippen molar-refractivity contribution in [3.8, 4) is 0 Å². The van der Waals surface area contributed by atoms with Gasteiger partial charge in [0.2, 0.25) is 0 Å². The second-order valence-corrected chi connectivity index (χ2v) is 5.16. The van der Waals surface area contributed by atoms with Crippen LogP contribution in [0.25, 0.3) is 0 Å². The van der Waals surface area contributed by atoms with E-state index < -0.39 is 0 Å². The normalized spacial score (nSPS) is 11.2. The molecule has 0 aliphatic carbocycles. The second-order valence-electron chi connectivity index (χ2n) is 5.16. The molecular weight excluding hydrogens is 196 g/mol. The van der Waals surface area contributed by atoms with E-state index in [0.29, 0.717) is 0 Å². The molecule has 0 saturated heterocycles. The van der Waals surface area contributed by atoms with Gasteiger partial charge in [0.05, 0.1) is 0 Å². The molecule has 0 aromatic rings. The van der Waals surface area contributed by atoms with Gasteiger partial charge in [0, 0.05) is 0 Å². The van der Waals surface area contributed by atoms with E-state index in [1.54, 1.807) is 0 Å². The molecule has 0 heterocycles. The molecule has 0 fully saturated rings. The number of nitrogens with one attached hydrogen (secondary N) is 2. The van der Waals surface area contributed by atoms with Crippen LogP contribution in [0.15, 0.2) is 0 Å². The minimum atomic E-state index is 0.880. The first-order valence-electron chi connectivity index (χ1n) is 7.12. The van der Waals surface area contributed by atoms with E-state index >= 15 is 0 Å². The zero-order valence-corrected chi connectivity index (χ0v) is 11.6. The fourth-order valence-electron chi connectivity index (χ4n) is 1.83. The zero-order chi connectivity index (χ0) is 12.1. The summed E-state index contributed by atoms with van der Waals surface area (Å²) < 4.78 is 0. The minimum absolute atomic E-state index is 0.880. The van der Waals surface area contributed by atoms with Crippen LogP contribution in [0.5, 0.6) is 0 Å². The maximum Gasteiger partial charge on any atom is -0.00484 e. The Morgan fingerprint density at radius 3 is 1.94 bits per heavy atom. The van der Waals surface area contributed by atoms with Gasteiger partial charge in [-0.2, -0.15) is 0 Å². The summed E-state index contributed by atoms with van der Waals surface area (Å²) in [7, 11) is 2.02. The highest BCUT2D eigenvalue weighted by Gasteiger charge is 1.94. The molecule has 0 aromatic carbocycles. The van der Waals surface area contributed by atoms with E-state index in [4.69, 9.17) is 0 Å². The first-order valence-corrected chi connectivity index (χ1v) is 7.12. The molecule has 0 radical (unpaired) electrons. The molecule has 2 heteroatoms. The van der Waals surface area contributed by atoms with Crippen LogP contribution in [0, 0.1) is 5.92 Å². The third-order valence-corrected chi connectivity index (χ3v) is 2.92. The third-order valence-electron chi connectivity index (χ3n) is 2.92. The molecule has 2 nitrogen and oxygen atoms in total. The maximum atomic E-state index is 3.52. The first kappa shape index (κ1) is 15.9. The smallest absolute Gasteiger partial charge is 0.00484 e. The van der Waals surface area contributed by atoms with Crippen molar-refractivity contribution >= 4 is 0 Å². The lowest BCUT2D eigenvalue weighted by Gasteiger charge is -2.06. The summed E-state index contributed by atoms with van der Waals surface area (Å²) in [6.07, 6.45) is 9.57. The van der Waals surface area contributed by atoms with Gasteiger partial charge in [0.25, 0.3) is 0 Å². The quantitative estimate of drug-likeness (QED) is 0.501. The number of rotatable bonds is 12. The van der Waals surface area contributed by atoms with Crippen molar-refractivity contribution in [1.29, 1.82) is 0 Å². The third kappa shape index (κ3) is 13.9. The average Bonchev–Trinajstić information content (AvgIpc) is 2.25. The van der Waals surface area contributed by atoms with Crippen LogP contribution in [0.4, 0.5) is 0 Å². The minimum Gasteiger partial charge on any atom is -0.320 e. The van der Waals surface area contributed by atoms with Crippen LogP contribution in [0.1, 0.15) is 58.8 Å². The predicted molar refractivity (Wildman–Crippen MR) is 74.0 cm³/mol. The van der Waals surface area contributed by atoms with Gasteiger partial charge >= 0.3 is 0 Å². The summed E-state index contributed by atoms with van der Waals surface area (Å²) in [5, 5.41) is 6.69. The highest BCUT2D eigenvalue weighted by molar-refractivity contribution is 4.52. The van der Waals surface area contributed by atoms with E-state index in [2.05, 4.69) is 24.5 Å². The monoisotopic (exact) mass is 228 g/mol. The second kappa shape index (κ2) is 13.0. The standard InChI is InChI=1S/C14H32N2/c1-14(2)10-6-4-5-7-12-16-13-9-8-11-15-3/h14-16H,4-13H2,1-3H3. The molecular formula is C14H32N2. The van der Waals surface area contributed by atoms with Gasteiger partial charge in [-0.25, -0.2) is 0 Å². The predicted octanol–water partition coefficient (Wildman–Crippen LogP) is 3.18. The van der Waals surface area contributed by atoms with E-state index in [0.717, 1.165) is 12.5 Å². The summed E-state index contributed by atoms with van der Waals surface area (Å²) >= 11 is 0. The van der Waals surface area contributed by atoms with Gasteiger partial charge in [-0.1, -0.05) is 39.5 Å². The zero-order valence-electron chi connectivity index (χ0n) is 11.6. The molecule has 0 aliphatic heterocycles. The van der Waals surface area contributed by atoms with Gasteiger partial charge < -0.3 is 10.6 Å². The maximum absolute atomic E-state index is 3.52. The van der Waals surface area contributed by atoms with Crippen LogP contribution in [0.2, 0.25) is 0 Å². The number of hydrogen-bond acceptors (Lipinski definition) is 2. The fraction of sp³-hybridized carbons (Fsp3) is 1.00. The van der Waals surface area contributed by atoms with Crippen molar-refractivity contribution in [2.45, 2.75) is 58.8 Å². The van der Waals surface area contributed by atoms with Crippen LogP contribution in [-0.4, -0.2) is 26.7 Å². The highest BCUT2D eigenvalue weighted by Crippen LogP contribution is 2.08. The lowest BCUT2D eigenvalue weighted by atomic mass is 10.0. The topological polar surface area (TPSA) is 24.1 Å². The molecule has 16 heavy (non-hydrogen) atoms. The molecule has 98 valence electrons. The van der Waals surface area contributed by atoms with Crippen molar-refractivity contribution < 1.29 is 0 Å². The molecule has 0 atom stereocenters. The molecule has 2 N–H and O–H groups in total. The molecule has 0 aliphatic rings. The first-order chi connectivity index (χ1) is 7.77. The van der Waals surface area contributed by atoms with E-state index in [1.165, 1.54) is 58.0 Å². The highest BCUT2D eigenvalue weighted by atomic mass is 14.8. The molecule has 0 amide bonds. The number of hydrogen-bond donors (Lipinski definition) is 2. The Kier molecular flexibility index (Phi) is 12.9. The molecule has 0 rings (SSSR count). The van der Waals surface area contributed by atoms with Crippen molar-refractivity contribution in [3.05, 3.63) is 0 Å². The summed E-state index contributed by atoms with van der Waals surface area (Å²) in [5.41, 5.74) is 0. The van der Waals surface area contributed by atoms with E-state index in [1.807, 2.05) is 7.05 Å². The SMILES string of the molecule is CNCCCCNCCCCCCC(C)C.